The lowest BCUT2D eigenvalue weighted by Gasteiger charge is -1.98. The van der Waals surface area contributed by atoms with Crippen molar-refractivity contribution in [2.24, 2.45) is 10.1 Å². The number of rotatable bonds is 2. The number of hydrogen-bond donors (Lipinski definition) is 2. The van der Waals surface area contributed by atoms with E-state index in [1.807, 2.05) is 24.5 Å². The van der Waals surface area contributed by atoms with Crippen LogP contribution < -0.4 is 15.7 Å². The van der Waals surface area contributed by atoms with Crippen LogP contribution >= 0.6 is 0 Å². The van der Waals surface area contributed by atoms with E-state index in [9.17, 15) is 0 Å². The van der Waals surface area contributed by atoms with Gasteiger partial charge < -0.3 is 5.32 Å². The molecule has 0 saturated heterocycles. The summed E-state index contributed by atoms with van der Waals surface area (Å²) in [4.78, 5) is 7.09. The standard InChI is InChI=1S/C9H11N5/c1-3-10-4-2-8(1)7-13-14-9-11-5-6-12-9/h1-4,7H,5-6H2,(H2,11,12,14)/p+1. The Morgan fingerprint density at radius 1 is 1.50 bits per heavy atom. The van der Waals surface area contributed by atoms with Crippen molar-refractivity contribution in [2.75, 3.05) is 13.1 Å². The molecule has 0 saturated carbocycles. The first kappa shape index (κ1) is 8.68. The molecule has 0 radical (unpaired) electrons. The molecule has 2 rings (SSSR count). The lowest BCUT2D eigenvalue weighted by Crippen LogP contribution is -2.30. The number of hydrogen-bond acceptors (Lipinski definition) is 4. The number of H-pyrrole nitrogens is 1. The fraction of sp³-hybridized carbons (Fsp3) is 0.222. The van der Waals surface area contributed by atoms with E-state index >= 15 is 0 Å². The summed E-state index contributed by atoms with van der Waals surface area (Å²) in [5, 5.41) is 7.10. The lowest BCUT2D eigenvalue weighted by molar-refractivity contribution is -0.378. The summed E-state index contributed by atoms with van der Waals surface area (Å²) in [5.41, 5.74) is 3.87. The van der Waals surface area contributed by atoms with Crippen molar-refractivity contribution in [1.82, 2.24) is 10.7 Å². The second-order valence-electron chi connectivity index (χ2n) is 2.86. The Balaban J connectivity index is 1.88. The molecule has 0 bridgehead atoms. The van der Waals surface area contributed by atoms with Gasteiger partial charge in [0.25, 0.3) is 0 Å². The second kappa shape index (κ2) is 4.36. The van der Waals surface area contributed by atoms with Crippen molar-refractivity contribution >= 4 is 12.2 Å². The molecule has 0 atom stereocenters. The van der Waals surface area contributed by atoms with E-state index < -0.39 is 0 Å². The Labute approximate surface area is 82.0 Å². The topological polar surface area (TPSA) is 62.9 Å². The maximum absolute atomic E-state index is 4.14. The number of guanidine groups is 1. The van der Waals surface area contributed by atoms with Gasteiger partial charge in [0, 0.05) is 24.2 Å². The highest BCUT2D eigenvalue weighted by Gasteiger charge is 2.00. The third-order valence-corrected chi connectivity index (χ3v) is 1.80. The summed E-state index contributed by atoms with van der Waals surface area (Å²) in [6.45, 7) is 1.70. The maximum Gasteiger partial charge on any atom is 0.212 e. The van der Waals surface area contributed by atoms with Gasteiger partial charge in [-0.05, 0) is 0 Å². The summed E-state index contributed by atoms with van der Waals surface area (Å²) >= 11 is 0. The smallest absolute Gasteiger partial charge is 0.212 e. The van der Waals surface area contributed by atoms with Crippen LogP contribution in [-0.4, -0.2) is 25.3 Å². The van der Waals surface area contributed by atoms with Gasteiger partial charge in [0.15, 0.2) is 12.4 Å². The molecule has 5 heteroatoms. The molecule has 0 unspecified atom stereocenters. The van der Waals surface area contributed by atoms with Crippen LogP contribution in [0.3, 0.4) is 0 Å². The Kier molecular flexibility index (Phi) is 2.70. The second-order valence-corrected chi connectivity index (χ2v) is 2.86. The van der Waals surface area contributed by atoms with Gasteiger partial charge in [-0.15, -0.1) is 0 Å². The first-order valence-corrected chi connectivity index (χ1v) is 4.49. The van der Waals surface area contributed by atoms with Crippen LogP contribution in [0.1, 0.15) is 5.56 Å². The quantitative estimate of drug-likeness (QED) is 0.482. The third-order valence-electron chi connectivity index (χ3n) is 1.80. The summed E-state index contributed by atoms with van der Waals surface area (Å²) in [6, 6.07) is 3.88. The summed E-state index contributed by atoms with van der Waals surface area (Å²) in [7, 11) is 0. The molecule has 0 aromatic carbocycles. The fourth-order valence-electron chi connectivity index (χ4n) is 1.13. The molecule has 0 aliphatic carbocycles. The molecule has 1 aromatic rings. The van der Waals surface area contributed by atoms with Crippen molar-refractivity contribution < 1.29 is 4.98 Å². The van der Waals surface area contributed by atoms with Crippen molar-refractivity contribution in [3.63, 3.8) is 0 Å². The molecule has 1 aliphatic heterocycles. The molecule has 0 spiro atoms. The summed E-state index contributed by atoms with van der Waals surface area (Å²) in [6.07, 6.45) is 5.45. The van der Waals surface area contributed by atoms with E-state index in [1.54, 1.807) is 6.21 Å². The number of hydrazone groups is 1. The average molecular weight is 190 g/mol. The van der Waals surface area contributed by atoms with Gasteiger partial charge >= 0.3 is 0 Å². The minimum absolute atomic E-state index is 0.740. The predicted molar refractivity (Wildman–Crippen MR) is 54.0 cm³/mol. The normalized spacial score (nSPS) is 15.3. The molecule has 14 heavy (non-hydrogen) atoms. The zero-order valence-corrected chi connectivity index (χ0v) is 7.70. The first-order chi connectivity index (χ1) is 6.95. The average Bonchev–Trinajstić information content (AvgIpc) is 2.72. The van der Waals surface area contributed by atoms with Crippen molar-refractivity contribution in [3.05, 3.63) is 30.1 Å². The molecule has 0 fully saturated rings. The van der Waals surface area contributed by atoms with Crippen molar-refractivity contribution in [1.29, 1.82) is 0 Å². The van der Waals surface area contributed by atoms with Crippen LogP contribution in [0.4, 0.5) is 0 Å². The molecular weight excluding hydrogens is 178 g/mol. The third kappa shape index (κ3) is 2.29. The summed E-state index contributed by atoms with van der Waals surface area (Å²) < 4.78 is 0. The monoisotopic (exact) mass is 190 g/mol. The SMILES string of the molecule is C(=NNC1=NCCN1)c1cc[nH+]cc1. The molecular formula is C9H12N5+. The minimum atomic E-state index is 0.740. The Hall–Kier alpha value is -1.91. The highest BCUT2D eigenvalue weighted by molar-refractivity contribution is 5.84. The van der Waals surface area contributed by atoms with E-state index in [2.05, 4.69) is 25.8 Å². The first-order valence-electron chi connectivity index (χ1n) is 4.49. The van der Waals surface area contributed by atoms with E-state index in [-0.39, 0.29) is 0 Å². The molecule has 3 N–H and O–H groups in total. The van der Waals surface area contributed by atoms with Gasteiger partial charge in [0.2, 0.25) is 5.96 Å². The van der Waals surface area contributed by atoms with Gasteiger partial charge in [-0.25, -0.2) is 15.4 Å². The minimum Gasteiger partial charge on any atom is -0.353 e. The number of pyridine rings is 1. The molecule has 1 aliphatic rings. The molecule has 72 valence electrons. The lowest BCUT2D eigenvalue weighted by atomic mass is 10.3. The molecule has 1 aromatic heterocycles. The Bertz CT molecular complexity index is 343. The number of aromatic nitrogens is 1. The van der Waals surface area contributed by atoms with E-state index in [0.29, 0.717) is 0 Å². The van der Waals surface area contributed by atoms with Crippen molar-refractivity contribution in [3.8, 4) is 0 Å². The fourth-order valence-corrected chi connectivity index (χ4v) is 1.13. The zero-order chi connectivity index (χ0) is 9.64. The van der Waals surface area contributed by atoms with Crippen LogP contribution in [0.2, 0.25) is 0 Å². The van der Waals surface area contributed by atoms with Crippen LogP contribution in [0.15, 0.2) is 34.6 Å². The zero-order valence-electron chi connectivity index (χ0n) is 7.70. The molecule has 0 amide bonds. The van der Waals surface area contributed by atoms with Gasteiger partial charge in [-0.1, -0.05) is 0 Å². The highest BCUT2D eigenvalue weighted by Crippen LogP contribution is 1.88. The van der Waals surface area contributed by atoms with Gasteiger partial charge in [0.1, 0.15) is 0 Å². The Morgan fingerprint density at radius 2 is 2.36 bits per heavy atom. The van der Waals surface area contributed by atoms with Crippen LogP contribution in [0.5, 0.6) is 0 Å². The highest BCUT2D eigenvalue weighted by atomic mass is 15.4. The molecule has 5 nitrogen and oxygen atoms in total. The Morgan fingerprint density at radius 3 is 3.07 bits per heavy atom. The van der Waals surface area contributed by atoms with Crippen LogP contribution in [-0.2, 0) is 0 Å². The van der Waals surface area contributed by atoms with Crippen molar-refractivity contribution in [2.45, 2.75) is 0 Å². The number of nitrogens with zero attached hydrogens (tertiary/aromatic N) is 2. The largest absolute Gasteiger partial charge is 0.353 e. The van der Waals surface area contributed by atoms with E-state index in [1.165, 1.54) is 0 Å². The van der Waals surface area contributed by atoms with E-state index in [4.69, 9.17) is 0 Å². The van der Waals surface area contributed by atoms with E-state index in [0.717, 1.165) is 24.6 Å². The van der Waals surface area contributed by atoms with Crippen LogP contribution in [0.25, 0.3) is 0 Å². The molecule has 2 heterocycles. The number of aliphatic imine (C=N–C) groups is 1. The summed E-state index contributed by atoms with van der Waals surface area (Å²) in [5.74, 6) is 0.740. The predicted octanol–water partition coefficient (Wildman–Crippen LogP) is -0.617. The number of nitrogens with one attached hydrogen (secondary N) is 3. The van der Waals surface area contributed by atoms with Gasteiger partial charge in [-0.3, -0.25) is 0 Å². The van der Waals surface area contributed by atoms with Gasteiger partial charge in [0.05, 0.1) is 12.8 Å². The van der Waals surface area contributed by atoms with Crippen LogP contribution in [0, 0.1) is 0 Å². The maximum atomic E-state index is 4.14. The van der Waals surface area contributed by atoms with Gasteiger partial charge in [-0.2, -0.15) is 5.10 Å². The number of aromatic amines is 1.